The van der Waals surface area contributed by atoms with Crippen molar-refractivity contribution in [3.05, 3.63) is 99.1 Å². The average Bonchev–Trinajstić information content (AvgIpc) is 3.25. The minimum Gasteiger partial charge on any atom is -0.482 e. The summed E-state index contributed by atoms with van der Waals surface area (Å²) in [7, 11) is 0. The van der Waals surface area contributed by atoms with Crippen LogP contribution in [-0.4, -0.2) is 28.9 Å². The number of benzene rings is 2. The van der Waals surface area contributed by atoms with Gasteiger partial charge in [0.15, 0.2) is 0 Å². The van der Waals surface area contributed by atoms with Gasteiger partial charge in [-0.2, -0.15) is 0 Å². The minimum absolute atomic E-state index is 0.0764. The Morgan fingerprint density at radius 1 is 1.06 bits per heavy atom. The Bertz CT molecular complexity index is 1270. The van der Waals surface area contributed by atoms with Crippen molar-refractivity contribution < 1.29 is 23.5 Å². The second kappa shape index (κ2) is 10.8. The van der Waals surface area contributed by atoms with Gasteiger partial charge in [-0.25, -0.2) is 0 Å². The highest BCUT2D eigenvalue weighted by Gasteiger charge is 2.23. The first-order valence-electron chi connectivity index (χ1n) is 11.8. The zero-order valence-corrected chi connectivity index (χ0v) is 20.7. The number of fused-ring (bicyclic) bond motifs is 1. The molecule has 0 unspecified atom stereocenters. The molecule has 0 aliphatic carbocycles. The van der Waals surface area contributed by atoms with Gasteiger partial charge in [0.05, 0.1) is 12.1 Å². The molecule has 3 aromatic rings. The second-order valence-electron chi connectivity index (χ2n) is 9.59. The highest BCUT2D eigenvalue weighted by atomic mass is 16.5. The molecule has 1 N–H and O–H groups in total. The second-order valence-corrected chi connectivity index (χ2v) is 9.59. The molecular weight excluding hydrogens is 460 g/mol. The smallest absolute Gasteiger partial charge is 0.302 e. The Morgan fingerprint density at radius 3 is 2.33 bits per heavy atom. The molecular formula is C28H30N2O6. The molecule has 0 spiro atoms. The molecule has 188 valence electrons. The van der Waals surface area contributed by atoms with E-state index in [2.05, 4.69) is 22.3 Å². The fourth-order valence-corrected chi connectivity index (χ4v) is 3.97. The standard InChI is InChI=1S/C28H30N2O6/c1-19(31)36-18-28(2,3)29-27(33)21-10-8-20(9-11-21)16-35-26-17-34-24(12-25(26)32)15-30-13-22-6-4-5-7-23(22)14-30/h4-12,17H,13-16,18H2,1-3H3,(H,29,33). The van der Waals surface area contributed by atoms with E-state index in [4.69, 9.17) is 13.9 Å². The van der Waals surface area contributed by atoms with Gasteiger partial charge in [-0.3, -0.25) is 19.3 Å². The monoisotopic (exact) mass is 490 g/mol. The zero-order valence-electron chi connectivity index (χ0n) is 20.7. The van der Waals surface area contributed by atoms with Gasteiger partial charge in [0.2, 0.25) is 11.2 Å². The maximum Gasteiger partial charge on any atom is 0.302 e. The third kappa shape index (κ3) is 6.60. The van der Waals surface area contributed by atoms with Crippen molar-refractivity contribution >= 4 is 11.9 Å². The number of rotatable bonds is 9. The van der Waals surface area contributed by atoms with Gasteiger partial charge in [-0.05, 0) is 42.7 Å². The van der Waals surface area contributed by atoms with Crippen molar-refractivity contribution in [3.63, 3.8) is 0 Å². The van der Waals surface area contributed by atoms with Crippen LogP contribution in [0.3, 0.4) is 0 Å². The molecule has 0 saturated carbocycles. The summed E-state index contributed by atoms with van der Waals surface area (Å²) in [5.74, 6) is 0.0459. The van der Waals surface area contributed by atoms with Gasteiger partial charge in [0, 0.05) is 31.6 Å². The van der Waals surface area contributed by atoms with Crippen LogP contribution in [0.4, 0.5) is 0 Å². The largest absolute Gasteiger partial charge is 0.482 e. The molecule has 0 bridgehead atoms. The van der Waals surface area contributed by atoms with Crippen LogP contribution >= 0.6 is 0 Å². The molecule has 8 heteroatoms. The van der Waals surface area contributed by atoms with Crippen LogP contribution in [-0.2, 0) is 35.8 Å². The minimum atomic E-state index is -0.705. The van der Waals surface area contributed by atoms with E-state index in [9.17, 15) is 14.4 Å². The van der Waals surface area contributed by atoms with Gasteiger partial charge < -0.3 is 19.2 Å². The van der Waals surface area contributed by atoms with Crippen LogP contribution in [0.2, 0.25) is 0 Å². The van der Waals surface area contributed by atoms with Crippen LogP contribution in [0.1, 0.15) is 53.6 Å². The summed E-state index contributed by atoms with van der Waals surface area (Å²) in [5, 5.41) is 2.84. The van der Waals surface area contributed by atoms with E-state index >= 15 is 0 Å². The van der Waals surface area contributed by atoms with E-state index in [0.29, 0.717) is 17.9 Å². The number of hydrogen-bond acceptors (Lipinski definition) is 7. The van der Waals surface area contributed by atoms with Crippen LogP contribution < -0.4 is 15.5 Å². The Balaban J connectivity index is 1.29. The number of amides is 1. The quantitative estimate of drug-likeness (QED) is 0.456. The van der Waals surface area contributed by atoms with E-state index < -0.39 is 11.5 Å². The van der Waals surface area contributed by atoms with Gasteiger partial charge in [-0.1, -0.05) is 36.4 Å². The molecule has 1 aromatic heterocycles. The molecule has 2 heterocycles. The summed E-state index contributed by atoms with van der Waals surface area (Å²) in [6.07, 6.45) is 1.36. The van der Waals surface area contributed by atoms with E-state index in [1.54, 1.807) is 38.1 Å². The first-order valence-corrected chi connectivity index (χ1v) is 11.8. The molecule has 36 heavy (non-hydrogen) atoms. The summed E-state index contributed by atoms with van der Waals surface area (Å²) in [5.41, 5.74) is 2.91. The molecule has 8 nitrogen and oxygen atoms in total. The normalized spacial score (nSPS) is 13.2. The molecule has 0 radical (unpaired) electrons. The molecule has 4 rings (SSSR count). The number of carbonyl (C=O) groups is 2. The fourth-order valence-electron chi connectivity index (χ4n) is 3.97. The van der Waals surface area contributed by atoms with E-state index in [-0.39, 0.29) is 30.3 Å². The maximum atomic E-state index is 12.5. The summed E-state index contributed by atoms with van der Waals surface area (Å²) in [4.78, 5) is 38.3. The van der Waals surface area contributed by atoms with E-state index in [1.807, 2.05) is 12.1 Å². The molecule has 1 amide bonds. The summed E-state index contributed by atoms with van der Waals surface area (Å²) < 4.78 is 16.3. The number of ether oxygens (including phenoxy) is 2. The topological polar surface area (TPSA) is 98.1 Å². The lowest BCUT2D eigenvalue weighted by atomic mass is 10.1. The van der Waals surface area contributed by atoms with Crippen molar-refractivity contribution in [2.24, 2.45) is 0 Å². The van der Waals surface area contributed by atoms with E-state index in [0.717, 1.165) is 18.7 Å². The predicted molar refractivity (Wildman–Crippen MR) is 133 cm³/mol. The van der Waals surface area contributed by atoms with Gasteiger partial charge in [-0.15, -0.1) is 0 Å². The summed E-state index contributed by atoms with van der Waals surface area (Å²) in [6, 6.07) is 16.7. The molecule has 0 fully saturated rings. The third-order valence-corrected chi connectivity index (χ3v) is 5.84. The van der Waals surface area contributed by atoms with Crippen molar-refractivity contribution in [1.82, 2.24) is 10.2 Å². The Hall–Kier alpha value is -3.91. The molecule has 1 aliphatic rings. The van der Waals surface area contributed by atoms with Crippen LogP contribution in [0.15, 0.2) is 70.1 Å². The van der Waals surface area contributed by atoms with Crippen molar-refractivity contribution in [1.29, 1.82) is 0 Å². The van der Waals surface area contributed by atoms with Gasteiger partial charge in [0.25, 0.3) is 5.91 Å². The lowest BCUT2D eigenvalue weighted by molar-refractivity contribution is -0.142. The number of hydrogen-bond donors (Lipinski definition) is 1. The lowest BCUT2D eigenvalue weighted by Gasteiger charge is -2.25. The Morgan fingerprint density at radius 2 is 1.72 bits per heavy atom. The van der Waals surface area contributed by atoms with Crippen LogP contribution in [0.25, 0.3) is 0 Å². The van der Waals surface area contributed by atoms with Crippen molar-refractivity contribution in [2.75, 3.05) is 6.61 Å². The zero-order chi connectivity index (χ0) is 25.7. The molecule has 0 atom stereocenters. The number of esters is 1. The summed E-state index contributed by atoms with van der Waals surface area (Å²) in [6.45, 7) is 7.31. The fraction of sp³-hybridized carbons (Fsp3) is 0.321. The summed E-state index contributed by atoms with van der Waals surface area (Å²) >= 11 is 0. The Kier molecular flexibility index (Phi) is 7.55. The van der Waals surface area contributed by atoms with Crippen LogP contribution in [0.5, 0.6) is 5.75 Å². The van der Waals surface area contributed by atoms with Crippen LogP contribution in [0, 0.1) is 0 Å². The highest BCUT2D eigenvalue weighted by molar-refractivity contribution is 5.94. The SMILES string of the molecule is CC(=O)OCC(C)(C)NC(=O)c1ccc(COc2coc(CN3Cc4ccccc4C3)cc2=O)cc1. The number of nitrogens with zero attached hydrogens (tertiary/aromatic N) is 1. The van der Waals surface area contributed by atoms with Crippen molar-refractivity contribution in [2.45, 2.75) is 52.6 Å². The molecule has 2 aromatic carbocycles. The first kappa shape index (κ1) is 25.2. The highest BCUT2D eigenvalue weighted by Crippen LogP contribution is 2.24. The maximum absolute atomic E-state index is 12.5. The number of nitrogens with one attached hydrogen (secondary N) is 1. The first-order chi connectivity index (χ1) is 17.2. The van der Waals surface area contributed by atoms with Gasteiger partial charge >= 0.3 is 5.97 Å². The average molecular weight is 491 g/mol. The number of carbonyl (C=O) groups excluding carboxylic acids is 2. The van der Waals surface area contributed by atoms with Gasteiger partial charge in [0.1, 0.15) is 25.2 Å². The molecule has 1 aliphatic heterocycles. The predicted octanol–water partition coefficient (Wildman–Crippen LogP) is 3.81. The lowest BCUT2D eigenvalue weighted by Crippen LogP contribution is -2.47. The molecule has 0 saturated heterocycles. The van der Waals surface area contributed by atoms with Crippen molar-refractivity contribution in [3.8, 4) is 5.75 Å². The third-order valence-electron chi connectivity index (χ3n) is 5.84. The van der Waals surface area contributed by atoms with E-state index in [1.165, 1.54) is 30.4 Å². The Labute approximate surface area is 209 Å².